The zero-order chi connectivity index (χ0) is 13.8. The second kappa shape index (κ2) is 6.28. The van der Waals surface area contributed by atoms with E-state index in [-0.39, 0.29) is 0 Å². The predicted octanol–water partition coefficient (Wildman–Crippen LogP) is 4.29. The Bertz CT molecular complexity index is 538. The van der Waals surface area contributed by atoms with Crippen LogP contribution < -0.4 is 10.6 Å². The number of hydrogen-bond donors (Lipinski definition) is 1. The summed E-state index contributed by atoms with van der Waals surface area (Å²) in [6.45, 7) is 5.35. The highest BCUT2D eigenvalue weighted by Crippen LogP contribution is 2.27. The summed E-state index contributed by atoms with van der Waals surface area (Å²) in [4.78, 5) is 2.40. The van der Waals surface area contributed by atoms with Crippen LogP contribution in [0.15, 0.2) is 48.5 Å². The number of hydrogen-bond acceptors (Lipinski definition) is 2. The quantitative estimate of drug-likeness (QED) is 0.646. The molecule has 0 saturated heterocycles. The molecular weight excluding hydrogens is 347 g/mol. The molecule has 2 N–H and O–H groups in total. The molecule has 0 unspecified atom stereocenters. The minimum Gasteiger partial charge on any atom is -0.399 e. The summed E-state index contributed by atoms with van der Waals surface area (Å²) in [7, 11) is 0. The number of nitrogens with zero attached hydrogens (tertiary/aromatic N) is 1. The summed E-state index contributed by atoms with van der Waals surface area (Å²) < 4.78 is 1.20. The molecule has 0 aliphatic heterocycles. The number of benzene rings is 2. The first kappa shape index (κ1) is 14.2. The highest BCUT2D eigenvalue weighted by atomic mass is 127. The Balaban J connectivity index is 2.30. The summed E-state index contributed by atoms with van der Waals surface area (Å²) >= 11 is 2.36. The fourth-order valence-corrected chi connectivity index (χ4v) is 2.93. The lowest BCUT2D eigenvalue weighted by atomic mass is 10.1. The van der Waals surface area contributed by atoms with Crippen molar-refractivity contribution in [2.24, 2.45) is 0 Å². The van der Waals surface area contributed by atoms with E-state index < -0.39 is 0 Å². The van der Waals surface area contributed by atoms with Crippen LogP contribution in [0.4, 0.5) is 11.4 Å². The molecule has 2 nitrogen and oxygen atoms in total. The fraction of sp³-hybridized carbons (Fsp3) is 0.250. The van der Waals surface area contributed by atoms with Crippen LogP contribution in [0, 0.1) is 3.57 Å². The van der Waals surface area contributed by atoms with Gasteiger partial charge in [0.15, 0.2) is 0 Å². The summed E-state index contributed by atoms with van der Waals surface area (Å²) in [5.41, 5.74) is 9.22. The van der Waals surface area contributed by atoms with Crippen molar-refractivity contribution in [1.29, 1.82) is 0 Å². The second-order valence-corrected chi connectivity index (χ2v) is 6.08. The molecule has 2 aromatic carbocycles. The van der Waals surface area contributed by atoms with E-state index in [2.05, 4.69) is 77.7 Å². The average Bonchev–Trinajstić information content (AvgIpc) is 2.38. The van der Waals surface area contributed by atoms with Crippen LogP contribution in [-0.2, 0) is 6.54 Å². The summed E-state index contributed by atoms with van der Waals surface area (Å²) in [6.07, 6.45) is 0. The van der Waals surface area contributed by atoms with Crippen molar-refractivity contribution in [1.82, 2.24) is 0 Å². The van der Waals surface area contributed by atoms with Gasteiger partial charge in [0.05, 0.1) is 5.69 Å². The molecule has 3 heteroatoms. The molecule has 0 radical (unpaired) electrons. The lowest BCUT2D eigenvalue weighted by molar-refractivity contribution is 0.681. The molecule has 100 valence electrons. The van der Waals surface area contributed by atoms with Gasteiger partial charge in [0.25, 0.3) is 0 Å². The van der Waals surface area contributed by atoms with E-state index in [0.29, 0.717) is 6.04 Å². The molecule has 0 fully saturated rings. The maximum atomic E-state index is 5.83. The van der Waals surface area contributed by atoms with E-state index in [1.165, 1.54) is 14.8 Å². The molecule has 0 amide bonds. The van der Waals surface area contributed by atoms with Crippen LogP contribution in [-0.4, -0.2) is 6.04 Å². The maximum Gasteiger partial charge on any atom is 0.0508 e. The SMILES string of the molecule is CC(C)N(Cc1ccccc1)c1ccc(N)cc1I. The lowest BCUT2D eigenvalue weighted by Gasteiger charge is -2.30. The van der Waals surface area contributed by atoms with Crippen LogP contribution in [0.25, 0.3) is 0 Å². The van der Waals surface area contributed by atoms with Gasteiger partial charge in [-0.2, -0.15) is 0 Å². The molecule has 2 aromatic rings. The molecule has 0 aliphatic carbocycles. The summed E-state index contributed by atoms with van der Waals surface area (Å²) in [6, 6.07) is 17.1. The Kier molecular flexibility index (Phi) is 4.69. The first-order valence-corrected chi connectivity index (χ1v) is 7.51. The van der Waals surface area contributed by atoms with Gasteiger partial charge in [-0.15, -0.1) is 0 Å². The zero-order valence-corrected chi connectivity index (χ0v) is 13.5. The van der Waals surface area contributed by atoms with Gasteiger partial charge in [-0.05, 0) is 60.2 Å². The Morgan fingerprint density at radius 1 is 1.11 bits per heavy atom. The Labute approximate surface area is 128 Å². The highest BCUT2D eigenvalue weighted by Gasteiger charge is 2.14. The largest absolute Gasteiger partial charge is 0.399 e. The van der Waals surface area contributed by atoms with Crippen LogP contribution in [0.5, 0.6) is 0 Å². The van der Waals surface area contributed by atoms with E-state index in [1.807, 2.05) is 12.1 Å². The maximum absolute atomic E-state index is 5.83. The second-order valence-electron chi connectivity index (χ2n) is 4.92. The van der Waals surface area contributed by atoms with Gasteiger partial charge in [0.2, 0.25) is 0 Å². The predicted molar refractivity (Wildman–Crippen MR) is 91.3 cm³/mol. The molecule has 0 heterocycles. The standard InChI is InChI=1S/C16H19IN2/c1-12(2)19(11-13-6-4-3-5-7-13)16-9-8-14(18)10-15(16)17/h3-10,12H,11,18H2,1-2H3. The third-order valence-electron chi connectivity index (χ3n) is 3.10. The van der Waals surface area contributed by atoms with Crippen LogP contribution >= 0.6 is 22.6 Å². The molecule has 0 aromatic heterocycles. The number of rotatable bonds is 4. The van der Waals surface area contributed by atoms with E-state index in [4.69, 9.17) is 5.73 Å². The highest BCUT2D eigenvalue weighted by molar-refractivity contribution is 14.1. The fourth-order valence-electron chi connectivity index (χ4n) is 2.08. The van der Waals surface area contributed by atoms with Gasteiger partial charge < -0.3 is 10.6 Å². The van der Waals surface area contributed by atoms with Gasteiger partial charge in [-0.3, -0.25) is 0 Å². The molecule has 0 saturated carbocycles. The van der Waals surface area contributed by atoms with Gasteiger partial charge >= 0.3 is 0 Å². The number of anilines is 2. The Morgan fingerprint density at radius 2 is 1.79 bits per heavy atom. The third kappa shape index (κ3) is 3.62. The molecule has 0 spiro atoms. The van der Waals surface area contributed by atoms with Gasteiger partial charge in [0, 0.05) is 21.8 Å². The van der Waals surface area contributed by atoms with Crippen molar-refractivity contribution in [2.75, 3.05) is 10.6 Å². The number of nitrogen functional groups attached to an aromatic ring is 1. The smallest absolute Gasteiger partial charge is 0.0508 e. The van der Waals surface area contributed by atoms with Gasteiger partial charge in [0.1, 0.15) is 0 Å². The zero-order valence-electron chi connectivity index (χ0n) is 11.3. The average molecular weight is 366 g/mol. The van der Waals surface area contributed by atoms with E-state index in [9.17, 15) is 0 Å². The topological polar surface area (TPSA) is 29.3 Å². The summed E-state index contributed by atoms with van der Waals surface area (Å²) in [5, 5.41) is 0. The van der Waals surface area contributed by atoms with Crippen LogP contribution in [0.1, 0.15) is 19.4 Å². The third-order valence-corrected chi connectivity index (χ3v) is 3.96. The van der Waals surface area contributed by atoms with Crippen molar-refractivity contribution in [3.8, 4) is 0 Å². The first-order chi connectivity index (χ1) is 9.08. The first-order valence-electron chi connectivity index (χ1n) is 6.43. The van der Waals surface area contributed by atoms with E-state index in [0.717, 1.165) is 12.2 Å². The molecule has 0 aliphatic rings. The Hall–Kier alpha value is -1.23. The van der Waals surface area contributed by atoms with Crippen molar-refractivity contribution >= 4 is 34.0 Å². The van der Waals surface area contributed by atoms with Crippen molar-refractivity contribution in [3.05, 3.63) is 57.7 Å². The molecule has 2 rings (SSSR count). The molecule has 19 heavy (non-hydrogen) atoms. The monoisotopic (exact) mass is 366 g/mol. The Morgan fingerprint density at radius 3 is 2.37 bits per heavy atom. The van der Waals surface area contributed by atoms with E-state index in [1.54, 1.807) is 0 Å². The van der Waals surface area contributed by atoms with Gasteiger partial charge in [-0.25, -0.2) is 0 Å². The lowest BCUT2D eigenvalue weighted by Crippen LogP contribution is -2.30. The minimum absolute atomic E-state index is 0.442. The molecule has 0 bridgehead atoms. The molecular formula is C16H19IN2. The van der Waals surface area contributed by atoms with Crippen molar-refractivity contribution < 1.29 is 0 Å². The normalized spacial score (nSPS) is 10.7. The van der Waals surface area contributed by atoms with Gasteiger partial charge in [-0.1, -0.05) is 30.3 Å². The van der Waals surface area contributed by atoms with Crippen LogP contribution in [0.2, 0.25) is 0 Å². The van der Waals surface area contributed by atoms with Crippen molar-refractivity contribution in [3.63, 3.8) is 0 Å². The number of halogens is 1. The van der Waals surface area contributed by atoms with Crippen LogP contribution in [0.3, 0.4) is 0 Å². The minimum atomic E-state index is 0.442. The molecule has 0 atom stereocenters. The van der Waals surface area contributed by atoms with E-state index >= 15 is 0 Å². The van der Waals surface area contributed by atoms with Crippen molar-refractivity contribution in [2.45, 2.75) is 26.4 Å². The summed E-state index contributed by atoms with van der Waals surface area (Å²) in [5.74, 6) is 0. The number of nitrogens with two attached hydrogens (primary N) is 1.